The van der Waals surface area contributed by atoms with Gasteiger partial charge in [-0.3, -0.25) is 0 Å². The van der Waals surface area contributed by atoms with Crippen molar-refractivity contribution < 1.29 is 14.3 Å². The number of hydrogen-bond acceptors (Lipinski definition) is 2. The Hall–Kier alpha value is -2.26. The third kappa shape index (κ3) is 2.28. The van der Waals surface area contributed by atoms with Crippen molar-refractivity contribution in [3.05, 3.63) is 58.6 Å². The van der Waals surface area contributed by atoms with Crippen LogP contribution in [-0.4, -0.2) is 11.1 Å². The van der Waals surface area contributed by atoms with Gasteiger partial charge in [0.25, 0.3) is 0 Å². The molecule has 3 rings (SSSR count). The quantitative estimate of drug-likeness (QED) is 0.739. The summed E-state index contributed by atoms with van der Waals surface area (Å²) in [5, 5.41) is 10.4. The maximum Gasteiger partial charge on any atom is 0.335 e. The van der Waals surface area contributed by atoms with Crippen LogP contribution in [0.25, 0.3) is 22.3 Å². The highest BCUT2D eigenvalue weighted by molar-refractivity contribution is 6.31. The van der Waals surface area contributed by atoms with Crippen molar-refractivity contribution in [2.24, 2.45) is 0 Å². The Morgan fingerprint density at radius 3 is 2.70 bits per heavy atom. The second-order valence-corrected chi connectivity index (χ2v) is 5.12. The van der Waals surface area contributed by atoms with Gasteiger partial charge in [-0.25, -0.2) is 4.79 Å². The fraction of sp³-hybridized carbons (Fsp3) is 0.0625. The second kappa shape index (κ2) is 4.69. The SMILES string of the molecule is Cc1ccc2oc(-c3cc(Cl)cc(C(=O)O)c3)cc2c1. The highest BCUT2D eigenvalue weighted by Crippen LogP contribution is 2.30. The summed E-state index contributed by atoms with van der Waals surface area (Å²) < 4.78 is 5.75. The molecule has 100 valence electrons. The number of furan rings is 1. The molecule has 0 amide bonds. The van der Waals surface area contributed by atoms with Gasteiger partial charge in [0.1, 0.15) is 11.3 Å². The van der Waals surface area contributed by atoms with Gasteiger partial charge in [-0.15, -0.1) is 0 Å². The smallest absolute Gasteiger partial charge is 0.335 e. The molecular formula is C16H11ClO3. The molecule has 0 spiro atoms. The number of fused-ring (bicyclic) bond motifs is 1. The van der Waals surface area contributed by atoms with Crippen molar-refractivity contribution in [3.8, 4) is 11.3 Å². The Morgan fingerprint density at radius 1 is 1.15 bits per heavy atom. The molecular weight excluding hydrogens is 276 g/mol. The molecule has 1 N–H and O–H groups in total. The topological polar surface area (TPSA) is 50.4 Å². The van der Waals surface area contributed by atoms with E-state index in [1.807, 2.05) is 31.2 Å². The van der Waals surface area contributed by atoms with E-state index in [2.05, 4.69) is 0 Å². The average molecular weight is 287 g/mol. The number of hydrogen-bond donors (Lipinski definition) is 1. The number of rotatable bonds is 2. The number of carboxylic acids is 1. The summed E-state index contributed by atoms with van der Waals surface area (Å²) in [6.45, 7) is 2.01. The van der Waals surface area contributed by atoms with E-state index in [0.29, 0.717) is 16.3 Å². The Labute approximate surface area is 120 Å². The summed E-state index contributed by atoms with van der Waals surface area (Å²) in [6, 6.07) is 12.4. The van der Waals surface area contributed by atoms with E-state index in [1.54, 1.807) is 12.1 Å². The van der Waals surface area contributed by atoms with Gasteiger partial charge in [0.15, 0.2) is 0 Å². The largest absolute Gasteiger partial charge is 0.478 e. The van der Waals surface area contributed by atoms with Gasteiger partial charge in [0.2, 0.25) is 0 Å². The zero-order chi connectivity index (χ0) is 14.3. The number of carboxylic acid groups (broad SMARTS) is 1. The molecule has 0 aliphatic carbocycles. The predicted octanol–water partition coefficient (Wildman–Crippen LogP) is 4.76. The van der Waals surface area contributed by atoms with Crippen LogP contribution >= 0.6 is 11.6 Å². The van der Waals surface area contributed by atoms with Crippen LogP contribution in [-0.2, 0) is 0 Å². The number of halogens is 1. The fourth-order valence-electron chi connectivity index (χ4n) is 2.16. The highest BCUT2D eigenvalue weighted by atomic mass is 35.5. The number of aromatic carboxylic acids is 1. The van der Waals surface area contributed by atoms with Crippen LogP contribution in [0.15, 0.2) is 46.9 Å². The first-order chi connectivity index (χ1) is 9.52. The minimum Gasteiger partial charge on any atom is -0.478 e. The van der Waals surface area contributed by atoms with Crippen LogP contribution in [0.3, 0.4) is 0 Å². The Balaban J connectivity index is 2.17. The van der Waals surface area contributed by atoms with Crippen molar-refractivity contribution in [1.29, 1.82) is 0 Å². The van der Waals surface area contributed by atoms with E-state index < -0.39 is 5.97 Å². The van der Waals surface area contributed by atoms with E-state index in [-0.39, 0.29) is 5.56 Å². The molecule has 0 unspecified atom stereocenters. The summed E-state index contributed by atoms with van der Waals surface area (Å²) >= 11 is 5.96. The van der Waals surface area contributed by atoms with Gasteiger partial charge in [-0.05, 0) is 43.3 Å². The van der Waals surface area contributed by atoms with Gasteiger partial charge in [-0.2, -0.15) is 0 Å². The molecule has 20 heavy (non-hydrogen) atoms. The lowest BCUT2D eigenvalue weighted by Gasteiger charge is -2.01. The maximum absolute atomic E-state index is 11.1. The monoisotopic (exact) mass is 286 g/mol. The molecule has 0 bridgehead atoms. The zero-order valence-corrected chi connectivity index (χ0v) is 11.4. The summed E-state index contributed by atoms with van der Waals surface area (Å²) in [5.74, 6) is -0.406. The minimum atomic E-state index is -1.01. The van der Waals surface area contributed by atoms with Crippen LogP contribution in [0.2, 0.25) is 5.02 Å². The van der Waals surface area contributed by atoms with E-state index >= 15 is 0 Å². The number of benzene rings is 2. The lowest BCUT2D eigenvalue weighted by molar-refractivity contribution is 0.0697. The third-order valence-electron chi connectivity index (χ3n) is 3.10. The molecule has 0 fully saturated rings. The lowest BCUT2D eigenvalue weighted by atomic mass is 10.1. The molecule has 0 aliphatic heterocycles. The summed E-state index contributed by atoms with van der Waals surface area (Å²) in [7, 11) is 0. The molecule has 3 aromatic rings. The van der Waals surface area contributed by atoms with Crippen molar-refractivity contribution in [2.45, 2.75) is 6.92 Å². The van der Waals surface area contributed by atoms with Crippen LogP contribution in [0.1, 0.15) is 15.9 Å². The van der Waals surface area contributed by atoms with Crippen molar-refractivity contribution >= 4 is 28.5 Å². The highest BCUT2D eigenvalue weighted by Gasteiger charge is 2.11. The van der Waals surface area contributed by atoms with Crippen molar-refractivity contribution in [2.75, 3.05) is 0 Å². The zero-order valence-electron chi connectivity index (χ0n) is 10.7. The first kappa shape index (κ1) is 12.8. The van der Waals surface area contributed by atoms with Gasteiger partial charge in [-0.1, -0.05) is 23.2 Å². The van der Waals surface area contributed by atoms with Crippen LogP contribution in [0.5, 0.6) is 0 Å². The second-order valence-electron chi connectivity index (χ2n) is 4.69. The van der Waals surface area contributed by atoms with Gasteiger partial charge < -0.3 is 9.52 Å². The fourth-order valence-corrected chi connectivity index (χ4v) is 2.40. The molecule has 2 aromatic carbocycles. The molecule has 0 atom stereocenters. The molecule has 0 aliphatic rings. The van der Waals surface area contributed by atoms with E-state index in [4.69, 9.17) is 21.1 Å². The molecule has 3 nitrogen and oxygen atoms in total. The number of carbonyl (C=O) groups is 1. The van der Waals surface area contributed by atoms with Gasteiger partial charge in [0, 0.05) is 16.0 Å². The van der Waals surface area contributed by atoms with Gasteiger partial charge >= 0.3 is 5.97 Å². The summed E-state index contributed by atoms with van der Waals surface area (Å²) in [5.41, 5.74) is 2.71. The molecule has 0 saturated carbocycles. The summed E-state index contributed by atoms with van der Waals surface area (Å²) in [6.07, 6.45) is 0. The molecule has 1 aromatic heterocycles. The Bertz CT molecular complexity index is 818. The normalized spacial score (nSPS) is 10.9. The van der Waals surface area contributed by atoms with Gasteiger partial charge in [0.05, 0.1) is 5.56 Å². The predicted molar refractivity (Wildman–Crippen MR) is 78.4 cm³/mol. The Kier molecular flexibility index (Phi) is 2.99. The van der Waals surface area contributed by atoms with Crippen LogP contribution < -0.4 is 0 Å². The minimum absolute atomic E-state index is 0.143. The number of aryl methyl sites for hydroxylation is 1. The standard InChI is InChI=1S/C16H11ClO3/c1-9-2-3-14-10(4-9)8-15(20-14)11-5-12(16(18)19)7-13(17)6-11/h2-8H,1H3,(H,18,19). The van der Waals surface area contributed by atoms with Crippen LogP contribution in [0, 0.1) is 6.92 Å². The van der Waals surface area contributed by atoms with Crippen LogP contribution in [0.4, 0.5) is 0 Å². The Morgan fingerprint density at radius 2 is 1.95 bits per heavy atom. The molecule has 0 radical (unpaired) electrons. The van der Waals surface area contributed by atoms with Crippen molar-refractivity contribution in [1.82, 2.24) is 0 Å². The van der Waals surface area contributed by atoms with Crippen molar-refractivity contribution in [3.63, 3.8) is 0 Å². The molecule has 0 saturated heterocycles. The maximum atomic E-state index is 11.1. The van der Waals surface area contributed by atoms with E-state index in [0.717, 1.165) is 16.5 Å². The molecule has 1 heterocycles. The average Bonchev–Trinajstić information content (AvgIpc) is 2.80. The first-order valence-corrected chi connectivity index (χ1v) is 6.45. The molecule has 4 heteroatoms. The first-order valence-electron chi connectivity index (χ1n) is 6.07. The third-order valence-corrected chi connectivity index (χ3v) is 3.32. The lowest BCUT2D eigenvalue weighted by Crippen LogP contribution is -1.96. The summed E-state index contributed by atoms with van der Waals surface area (Å²) in [4.78, 5) is 11.1. The van der Waals surface area contributed by atoms with E-state index in [9.17, 15) is 4.79 Å². The van der Waals surface area contributed by atoms with E-state index in [1.165, 1.54) is 6.07 Å².